The molecule has 26 heavy (non-hydrogen) atoms. The third-order valence-corrected chi connectivity index (χ3v) is 4.88. The Morgan fingerprint density at radius 3 is 2.54 bits per heavy atom. The fraction of sp³-hybridized carbons (Fsp3) is 0.190. The molecule has 0 radical (unpaired) electrons. The van der Waals surface area contributed by atoms with Gasteiger partial charge in [0.1, 0.15) is 5.75 Å². The first-order valence-electron chi connectivity index (χ1n) is 8.29. The summed E-state index contributed by atoms with van der Waals surface area (Å²) >= 11 is 1.66. The summed E-state index contributed by atoms with van der Waals surface area (Å²) in [6.07, 6.45) is -0.237. The van der Waals surface area contributed by atoms with Crippen molar-refractivity contribution in [1.29, 1.82) is 0 Å². The Hall–Kier alpha value is -2.63. The Labute approximate surface area is 157 Å². The van der Waals surface area contributed by atoms with Gasteiger partial charge in [-0.05, 0) is 57.8 Å². The first-order chi connectivity index (χ1) is 12.7. The Bertz CT molecular complexity index is 844. The van der Waals surface area contributed by atoms with Gasteiger partial charge in [0.25, 0.3) is 5.91 Å². The fourth-order valence-corrected chi connectivity index (χ4v) is 3.37. The molecule has 1 atom stereocenters. The van der Waals surface area contributed by atoms with Crippen molar-refractivity contribution in [3.8, 4) is 16.9 Å². The number of rotatable bonds is 7. The molecule has 1 N–H and O–H groups in total. The summed E-state index contributed by atoms with van der Waals surface area (Å²) in [6, 6.07) is 17.3. The van der Waals surface area contributed by atoms with Crippen molar-refractivity contribution in [3.05, 3.63) is 76.5 Å². The first kappa shape index (κ1) is 18.2. The number of amides is 1. The normalized spacial score (nSPS) is 11.8. The summed E-state index contributed by atoms with van der Waals surface area (Å²) in [4.78, 5) is 12.4. The summed E-state index contributed by atoms with van der Waals surface area (Å²) in [5.74, 6) is 0.645. The second-order valence-corrected chi connectivity index (χ2v) is 6.58. The van der Waals surface area contributed by atoms with Gasteiger partial charge in [-0.3, -0.25) is 4.79 Å². The molecular weight excluding hydrogens is 346 g/mol. The average Bonchev–Trinajstić information content (AvgIpc) is 3.23. The predicted molar refractivity (Wildman–Crippen MR) is 105 cm³/mol. The van der Waals surface area contributed by atoms with Crippen LogP contribution in [0.3, 0.4) is 0 Å². The van der Waals surface area contributed by atoms with E-state index in [-0.39, 0.29) is 12.0 Å². The summed E-state index contributed by atoms with van der Waals surface area (Å²) < 4.78 is 10.8. The van der Waals surface area contributed by atoms with Crippen LogP contribution in [-0.2, 0) is 4.74 Å². The van der Waals surface area contributed by atoms with Crippen molar-refractivity contribution in [2.24, 2.45) is 0 Å². The number of hydrogen-bond donors (Lipinski definition) is 1. The molecule has 1 heterocycles. The minimum atomic E-state index is -0.237. The van der Waals surface area contributed by atoms with Crippen LogP contribution in [0.25, 0.3) is 11.1 Å². The number of carbonyl (C=O) groups excluding carboxylic acids is 1. The van der Waals surface area contributed by atoms with Crippen LogP contribution >= 0.6 is 11.3 Å². The Balaban J connectivity index is 1.63. The zero-order chi connectivity index (χ0) is 18.4. The third-order valence-electron chi connectivity index (χ3n) is 4.20. The number of thiophene rings is 1. The van der Waals surface area contributed by atoms with E-state index in [1.807, 2.05) is 53.9 Å². The summed E-state index contributed by atoms with van der Waals surface area (Å²) in [7, 11) is 3.26. The second-order valence-electron chi connectivity index (χ2n) is 5.80. The maximum absolute atomic E-state index is 12.4. The van der Waals surface area contributed by atoms with E-state index in [0.717, 1.165) is 16.9 Å². The molecule has 0 spiro atoms. The van der Waals surface area contributed by atoms with Gasteiger partial charge in [0.2, 0.25) is 0 Å². The van der Waals surface area contributed by atoms with Crippen molar-refractivity contribution in [3.63, 3.8) is 0 Å². The lowest BCUT2D eigenvalue weighted by molar-refractivity contribution is 0.0827. The lowest BCUT2D eigenvalue weighted by Crippen LogP contribution is -2.29. The summed E-state index contributed by atoms with van der Waals surface area (Å²) in [6.45, 7) is 0.384. The molecular formula is C21H21NO3S. The van der Waals surface area contributed by atoms with Crippen molar-refractivity contribution in [2.45, 2.75) is 6.10 Å². The predicted octanol–water partition coefficient (Wildman–Crippen LogP) is 4.54. The average molecular weight is 367 g/mol. The van der Waals surface area contributed by atoms with Crippen molar-refractivity contribution < 1.29 is 14.3 Å². The lowest BCUT2D eigenvalue weighted by Gasteiger charge is -2.17. The van der Waals surface area contributed by atoms with Gasteiger partial charge in [-0.15, -0.1) is 0 Å². The highest BCUT2D eigenvalue weighted by atomic mass is 32.1. The van der Waals surface area contributed by atoms with E-state index < -0.39 is 0 Å². The Morgan fingerprint density at radius 1 is 1.08 bits per heavy atom. The van der Waals surface area contributed by atoms with E-state index in [9.17, 15) is 4.79 Å². The van der Waals surface area contributed by atoms with Gasteiger partial charge < -0.3 is 14.8 Å². The van der Waals surface area contributed by atoms with Crippen LogP contribution in [0, 0.1) is 0 Å². The number of benzene rings is 2. The van der Waals surface area contributed by atoms with Crippen LogP contribution in [0.4, 0.5) is 0 Å². The molecule has 3 rings (SSSR count). The largest absolute Gasteiger partial charge is 0.497 e. The summed E-state index contributed by atoms with van der Waals surface area (Å²) in [5.41, 5.74) is 3.86. The van der Waals surface area contributed by atoms with Gasteiger partial charge >= 0.3 is 0 Å². The van der Waals surface area contributed by atoms with Gasteiger partial charge in [0.15, 0.2) is 0 Å². The molecule has 0 bridgehead atoms. The zero-order valence-electron chi connectivity index (χ0n) is 14.8. The van der Waals surface area contributed by atoms with Gasteiger partial charge in [0, 0.05) is 19.2 Å². The highest BCUT2D eigenvalue weighted by molar-refractivity contribution is 7.08. The van der Waals surface area contributed by atoms with Crippen LogP contribution in [0.15, 0.2) is 65.4 Å². The molecule has 0 aliphatic heterocycles. The minimum Gasteiger partial charge on any atom is -0.497 e. The molecule has 0 aliphatic carbocycles. The smallest absolute Gasteiger partial charge is 0.251 e. The highest BCUT2D eigenvalue weighted by Crippen LogP contribution is 2.23. The number of nitrogens with one attached hydrogen (secondary N) is 1. The maximum atomic E-state index is 12.4. The van der Waals surface area contributed by atoms with Gasteiger partial charge in [-0.2, -0.15) is 11.3 Å². The SMILES string of the molecule is COc1cccc([C@H](CNC(=O)c2ccc(-c3ccsc3)cc2)OC)c1. The van der Waals surface area contributed by atoms with Crippen LogP contribution in [0.1, 0.15) is 22.0 Å². The number of methoxy groups -OCH3 is 2. The first-order valence-corrected chi connectivity index (χ1v) is 9.23. The lowest BCUT2D eigenvalue weighted by atomic mass is 10.1. The van der Waals surface area contributed by atoms with Crippen LogP contribution in [0.5, 0.6) is 5.75 Å². The van der Waals surface area contributed by atoms with Crippen LogP contribution in [-0.4, -0.2) is 26.7 Å². The van der Waals surface area contributed by atoms with Gasteiger partial charge in [0.05, 0.1) is 13.2 Å². The van der Waals surface area contributed by atoms with E-state index in [1.54, 1.807) is 25.6 Å². The Morgan fingerprint density at radius 2 is 1.88 bits per heavy atom. The van der Waals surface area contributed by atoms with E-state index in [0.29, 0.717) is 12.1 Å². The van der Waals surface area contributed by atoms with Crippen LogP contribution in [0.2, 0.25) is 0 Å². The minimum absolute atomic E-state index is 0.119. The van der Waals surface area contributed by atoms with Crippen molar-refractivity contribution >= 4 is 17.2 Å². The molecule has 1 aromatic heterocycles. The number of ether oxygens (including phenoxy) is 2. The molecule has 4 nitrogen and oxygen atoms in total. The maximum Gasteiger partial charge on any atom is 0.251 e. The van der Waals surface area contributed by atoms with E-state index >= 15 is 0 Å². The standard InChI is InChI=1S/C21H21NO3S/c1-24-19-5-3-4-17(12-19)20(25-2)13-22-21(23)16-8-6-15(7-9-16)18-10-11-26-14-18/h3-12,14,20H,13H2,1-2H3,(H,22,23)/t20-/m0/s1. The van der Waals surface area contributed by atoms with Crippen molar-refractivity contribution in [1.82, 2.24) is 5.32 Å². The van der Waals surface area contributed by atoms with E-state index in [1.165, 1.54) is 5.56 Å². The van der Waals surface area contributed by atoms with Crippen molar-refractivity contribution in [2.75, 3.05) is 20.8 Å². The van der Waals surface area contributed by atoms with Crippen LogP contribution < -0.4 is 10.1 Å². The van der Waals surface area contributed by atoms with E-state index in [4.69, 9.17) is 9.47 Å². The quantitative estimate of drug-likeness (QED) is 0.667. The molecule has 0 unspecified atom stereocenters. The molecule has 134 valence electrons. The number of hydrogen-bond acceptors (Lipinski definition) is 4. The molecule has 0 saturated carbocycles. The monoisotopic (exact) mass is 367 g/mol. The molecule has 0 aliphatic rings. The third kappa shape index (κ3) is 4.31. The van der Waals surface area contributed by atoms with Gasteiger partial charge in [-0.1, -0.05) is 24.3 Å². The highest BCUT2D eigenvalue weighted by Gasteiger charge is 2.14. The summed E-state index contributed by atoms with van der Waals surface area (Å²) in [5, 5.41) is 7.07. The molecule has 0 saturated heterocycles. The molecule has 1 amide bonds. The Kier molecular flexibility index (Phi) is 6.04. The number of carbonyl (C=O) groups is 1. The molecule has 3 aromatic rings. The van der Waals surface area contributed by atoms with Gasteiger partial charge in [-0.25, -0.2) is 0 Å². The second kappa shape index (κ2) is 8.65. The topological polar surface area (TPSA) is 47.6 Å². The zero-order valence-corrected chi connectivity index (χ0v) is 15.6. The van der Waals surface area contributed by atoms with E-state index in [2.05, 4.69) is 16.8 Å². The molecule has 2 aromatic carbocycles. The molecule has 5 heteroatoms. The fourth-order valence-electron chi connectivity index (χ4n) is 2.71. The molecule has 0 fully saturated rings.